The van der Waals surface area contributed by atoms with Crippen LogP contribution in [0.3, 0.4) is 0 Å². The first-order valence-electron chi connectivity index (χ1n) is 22.9. The van der Waals surface area contributed by atoms with E-state index in [-0.39, 0.29) is 49.7 Å². The zero-order chi connectivity index (χ0) is 46.8. The number of hydrogen-bond donors (Lipinski definition) is 1. The van der Waals surface area contributed by atoms with Gasteiger partial charge < -0.3 is 19.7 Å². The van der Waals surface area contributed by atoms with Crippen LogP contribution in [0.15, 0.2) is 60.8 Å². The third-order valence-electron chi connectivity index (χ3n) is 11.4. The molecular weight excluding hydrogens is 801 g/mol. The summed E-state index contributed by atoms with van der Waals surface area (Å²) in [5.41, 5.74) is 3.61. The number of ether oxygens (including phenoxy) is 2. The van der Waals surface area contributed by atoms with E-state index < -0.39 is 44.7 Å². The molecule has 2 saturated heterocycles. The molecule has 62 heavy (non-hydrogen) atoms. The summed E-state index contributed by atoms with van der Waals surface area (Å²) in [5.74, 6) is 5.40. The van der Waals surface area contributed by atoms with Gasteiger partial charge >= 0.3 is 6.09 Å². The molecule has 2 fully saturated rings. The SMILES string of the molecule is [2H]C([2H])([2H])N1CCC[C@@H]1c1cc2cnc(NC(=O)c3ccc(CCCC#Cc4cccc5c4CN(C4CCC(=O)N(COCC[Si](C)(C)C)C4=O)C5=O)cc3)cc2n1C(=O)OC(C)(C)C. The molecule has 7 rings (SSSR count). The number of amides is 4. The molecule has 326 valence electrons. The molecule has 3 aliphatic rings. The minimum Gasteiger partial charge on any atom is -0.443 e. The molecule has 0 bridgehead atoms. The first kappa shape index (κ1) is 40.4. The molecule has 1 unspecified atom stereocenters. The molecule has 4 amide bonds. The Hall–Kier alpha value is -5.62. The highest BCUT2D eigenvalue weighted by Crippen LogP contribution is 2.36. The van der Waals surface area contributed by atoms with Crippen LogP contribution in [0.2, 0.25) is 25.7 Å². The summed E-state index contributed by atoms with van der Waals surface area (Å²) in [4.78, 5) is 75.4. The Labute approximate surface area is 369 Å². The lowest BCUT2D eigenvalue weighted by atomic mass is 10.0. The minimum atomic E-state index is -2.34. The zero-order valence-electron chi connectivity index (χ0n) is 39.5. The van der Waals surface area contributed by atoms with Gasteiger partial charge in [0, 0.05) is 78.2 Å². The summed E-state index contributed by atoms with van der Waals surface area (Å²) in [5, 5.41) is 3.45. The highest BCUT2D eigenvalue weighted by Gasteiger charge is 2.43. The summed E-state index contributed by atoms with van der Waals surface area (Å²) in [7, 11) is -1.34. The number of nitrogens with zero attached hydrogens (tertiary/aromatic N) is 5. The number of nitrogens with one attached hydrogen (secondary N) is 1. The summed E-state index contributed by atoms with van der Waals surface area (Å²) >= 11 is 0. The van der Waals surface area contributed by atoms with E-state index in [0.717, 1.165) is 40.5 Å². The van der Waals surface area contributed by atoms with Gasteiger partial charge in [-0.3, -0.25) is 29.0 Å². The summed E-state index contributed by atoms with van der Waals surface area (Å²) in [6.07, 6.45) is 4.64. The molecule has 14 heteroatoms. The summed E-state index contributed by atoms with van der Waals surface area (Å²) < 4.78 is 37.2. The quantitative estimate of drug-likeness (QED) is 0.0649. The van der Waals surface area contributed by atoms with Gasteiger partial charge in [-0.1, -0.05) is 49.7 Å². The molecule has 2 atom stereocenters. The van der Waals surface area contributed by atoms with Gasteiger partial charge in [-0.05, 0) is 114 Å². The molecule has 0 aliphatic carbocycles. The molecule has 4 aromatic rings. The van der Waals surface area contributed by atoms with E-state index in [1.54, 1.807) is 68.3 Å². The maximum atomic E-state index is 13.6. The van der Waals surface area contributed by atoms with E-state index >= 15 is 0 Å². The van der Waals surface area contributed by atoms with E-state index in [2.05, 4.69) is 41.8 Å². The smallest absolute Gasteiger partial charge is 0.419 e. The van der Waals surface area contributed by atoms with Crippen LogP contribution in [0, 0.1) is 11.8 Å². The maximum Gasteiger partial charge on any atom is 0.419 e. The molecule has 1 N–H and O–H groups in total. The summed E-state index contributed by atoms with van der Waals surface area (Å²) in [6.45, 7) is 10.6. The van der Waals surface area contributed by atoms with Crippen molar-refractivity contribution in [3.63, 3.8) is 0 Å². The Balaban J connectivity index is 0.951. The van der Waals surface area contributed by atoms with Crippen molar-refractivity contribution in [2.75, 3.05) is 32.2 Å². The molecule has 2 aromatic heterocycles. The number of carbonyl (C=O) groups excluding carboxylic acids is 5. The van der Waals surface area contributed by atoms with E-state index in [0.29, 0.717) is 60.1 Å². The van der Waals surface area contributed by atoms with E-state index in [1.165, 1.54) is 9.47 Å². The van der Waals surface area contributed by atoms with Gasteiger partial charge in [-0.15, -0.1) is 0 Å². The van der Waals surface area contributed by atoms with E-state index in [1.807, 2.05) is 18.2 Å². The van der Waals surface area contributed by atoms with Crippen LogP contribution in [0.1, 0.15) is 113 Å². The second-order valence-electron chi connectivity index (χ2n) is 18.5. The van der Waals surface area contributed by atoms with Gasteiger partial charge in [-0.2, -0.15) is 0 Å². The van der Waals surface area contributed by atoms with Crippen molar-refractivity contribution >= 4 is 54.5 Å². The van der Waals surface area contributed by atoms with Crippen molar-refractivity contribution in [1.29, 1.82) is 0 Å². The molecule has 0 saturated carbocycles. The number of pyridine rings is 1. The van der Waals surface area contributed by atoms with Crippen LogP contribution in [0.4, 0.5) is 10.6 Å². The number of anilines is 1. The predicted octanol–water partition coefficient (Wildman–Crippen LogP) is 8.00. The fourth-order valence-electron chi connectivity index (χ4n) is 8.08. The number of hydrogen-bond acceptors (Lipinski definition) is 9. The van der Waals surface area contributed by atoms with Crippen LogP contribution in [0.25, 0.3) is 10.9 Å². The maximum absolute atomic E-state index is 13.6. The monoisotopic (exact) mass is 861 g/mol. The average molecular weight is 862 g/mol. The van der Waals surface area contributed by atoms with Crippen molar-refractivity contribution in [2.45, 2.75) is 116 Å². The van der Waals surface area contributed by atoms with Crippen molar-refractivity contribution < 1.29 is 37.6 Å². The van der Waals surface area contributed by atoms with Crippen LogP contribution in [-0.4, -0.2) is 101 Å². The number of piperidine rings is 1. The molecule has 5 heterocycles. The third-order valence-corrected chi connectivity index (χ3v) is 13.1. The van der Waals surface area contributed by atoms with Gasteiger partial charge in [0.15, 0.2) is 0 Å². The van der Waals surface area contributed by atoms with Crippen molar-refractivity contribution in [3.05, 3.63) is 94.3 Å². The summed E-state index contributed by atoms with van der Waals surface area (Å²) in [6, 6.07) is 15.7. The molecule has 13 nitrogen and oxygen atoms in total. The molecule has 0 radical (unpaired) electrons. The lowest BCUT2D eigenvalue weighted by Gasteiger charge is -2.35. The Morgan fingerprint density at radius 3 is 2.56 bits per heavy atom. The fraction of sp³-hybridized carbons (Fsp3) is 0.458. The van der Waals surface area contributed by atoms with Gasteiger partial charge in [0.25, 0.3) is 17.7 Å². The average Bonchev–Trinajstić information content (AvgIpc) is 3.96. The van der Waals surface area contributed by atoms with Gasteiger partial charge in [-0.25, -0.2) is 14.3 Å². The number of unbranched alkanes of at least 4 members (excludes halogenated alkanes) is 1. The predicted molar refractivity (Wildman–Crippen MR) is 240 cm³/mol. The van der Waals surface area contributed by atoms with E-state index in [9.17, 15) is 24.0 Å². The van der Waals surface area contributed by atoms with Crippen LogP contribution < -0.4 is 5.32 Å². The first-order valence-corrected chi connectivity index (χ1v) is 25.1. The Bertz CT molecular complexity index is 2550. The molecule has 3 aliphatic heterocycles. The number of aryl methyl sites for hydroxylation is 1. The van der Waals surface area contributed by atoms with Crippen LogP contribution in [0.5, 0.6) is 0 Å². The topological polar surface area (TPSA) is 143 Å². The number of benzene rings is 2. The fourth-order valence-corrected chi connectivity index (χ4v) is 8.83. The van der Waals surface area contributed by atoms with Crippen molar-refractivity contribution in [2.24, 2.45) is 0 Å². The van der Waals surface area contributed by atoms with Crippen molar-refractivity contribution in [1.82, 2.24) is 24.3 Å². The number of aromatic nitrogens is 2. The Kier molecular flexibility index (Phi) is 12.0. The number of carbonyl (C=O) groups is 5. The van der Waals surface area contributed by atoms with Crippen molar-refractivity contribution in [3.8, 4) is 11.8 Å². The minimum absolute atomic E-state index is 0.102. The zero-order valence-corrected chi connectivity index (χ0v) is 37.5. The van der Waals surface area contributed by atoms with Gasteiger partial charge in [0.05, 0.1) is 11.6 Å². The molecule has 0 spiro atoms. The highest BCUT2D eigenvalue weighted by molar-refractivity contribution is 6.76. The first-order chi connectivity index (χ1) is 30.7. The third kappa shape index (κ3) is 10.2. The Morgan fingerprint density at radius 2 is 1.82 bits per heavy atom. The second-order valence-corrected chi connectivity index (χ2v) is 24.1. The molecule has 2 aromatic carbocycles. The lowest BCUT2D eigenvalue weighted by Crippen LogP contribution is -2.55. The Morgan fingerprint density at radius 1 is 1.03 bits per heavy atom. The largest absolute Gasteiger partial charge is 0.443 e. The second kappa shape index (κ2) is 18.4. The number of imide groups is 1. The lowest BCUT2D eigenvalue weighted by molar-refractivity contribution is -0.158. The number of likely N-dealkylation sites (tertiary alicyclic amines) is 2. The number of rotatable bonds is 12. The van der Waals surface area contributed by atoms with E-state index in [4.69, 9.17) is 13.6 Å². The van der Waals surface area contributed by atoms with Gasteiger partial charge in [0.1, 0.15) is 24.2 Å². The van der Waals surface area contributed by atoms with Crippen LogP contribution in [-0.2, 0) is 32.0 Å². The molecular formula is C48H58N6O7Si. The van der Waals surface area contributed by atoms with Gasteiger partial charge in [0.2, 0.25) is 5.91 Å². The highest BCUT2D eigenvalue weighted by atomic mass is 28.3. The number of fused-ring (bicyclic) bond motifs is 2. The van der Waals surface area contributed by atoms with Crippen LogP contribution >= 0.6 is 0 Å². The normalized spacial score (nSPS) is 19.2. The standard InChI is InChI=1S/C48H58N6O7Si/c1-48(2,3)61-47(59)54-40-28-42(49-29-35(40)27-41(54)38-17-12-24-51(38)4)50-44(56)34-20-18-32(19-21-34)13-9-8-10-14-33-15-11-16-36-37(33)30-52(45(36)57)39-22-23-43(55)53(46(39)58)31-60-25-26-62(5,6)7/h11,15-16,18-21,27-29,38-39H,8-9,12-13,17,22-26,30-31H2,1-7H3,(H,49,50,56)/t38-,39?/m1/s1/i4D3.